The number of hydrogen-bond acceptors (Lipinski definition) is 6. The lowest BCUT2D eigenvalue weighted by molar-refractivity contribution is -0.137. The number of alkyl halides is 4. The fourth-order valence-electron chi connectivity index (χ4n) is 6.16. The predicted molar refractivity (Wildman–Crippen MR) is 151 cm³/mol. The highest BCUT2D eigenvalue weighted by molar-refractivity contribution is 6.34. The highest BCUT2D eigenvalue weighted by Crippen LogP contribution is 2.42. The molecule has 232 valence electrons. The summed E-state index contributed by atoms with van der Waals surface area (Å²) < 4.78 is 55.6. The monoisotopic (exact) mass is 626 g/mol. The molecule has 0 saturated carbocycles. The molecule has 4 atom stereocenters. The molecule has 0 radical (unpaired) electrons. The first-order valence-corrected chi connectivity index (χ1v) is 14.2. The molecule has 0 spiro atoms. The van der Waals surface area contributed by atoms with Gasteiger partial charge in [0, 0.05) is 57.3 Å². The molecular formula is C28H31ClF4N6O4. The van der Waals surface area contributed by atoms with Crippen LogP contribution in [0.2, 0.25) is 5.02 Å². The molecule has 5 rings (SSSR count). The first-order valence-electron chi connectivity index (χ1n) is 13.8. The first-order chi connectivity index (χ1) is 20.3. The van der Waals surface area contributed by atoms with Gasteiger partial charge in [-0.15, -0.1) is 0 Å². The molecule has 1 aromatic heterocycles. The zero-order chi connectivity index (χ0) is 31.2. The number of likely N-dealkylation sites (N-methyl/N-ethyl adjacent to an activating group) is 1. The Balaban J connectivity index is 1.44. The number of rotatable bonds is 5. The molecule has 2 saturated heterocycles. The summed E-state index contributed by atoms with van der Waals surface area (Å²) in [5, 5.41) is 12.7. The number of piperidine rings is 1. The number of halogens is 5. The fraction of sp³-hybridized carbons (Fsp3) is 0.500. The number of carbonyl (C=O) groups is 3. The molecule has 0 bridgehead atoms. The molecule has 3 aliphatic heterocycles. The second-order valence-corrected chi connectivity index (χ2v) is 11.5. The molecule has 15 heteroatoms. The average Bonchev–Trinajstić information content (AvgIpc) is 3.26. The molecule has 2 aromatic rings. The molecule has 43 heavy (non-hydrogen) atoms. The summed E-state index contributed by atoms with van der Waals surface area (Å²) in [6.45, 7) is 2.10. The first kappa shape index (κ1) is 30.8. The van der Waals surface area contributed by atoms with Crippen molar-refractivity contribution >= 4 is 46.7 Å². The van der Waals surface area contributed by atoms with Gasteiger partial charge >= 0.3 is 12.3 Å². The van der Waals surface area contributed by atoms with Gasteiger partial charge in [0.05, 0.1) is 28.5 Å². The standard InChI is InChI=1S/C28H31ClF4N6O4/c1-15-10-17(28(31,32)33)12-22(35-15)39-23(40)11-16-13-37(9-7-34-20-6-8-38(27(42)43)14-19(20)30)25-18(29)4-3-5-21(25)36(2)26(41)24(16)39/h3-5,10,12,16,19-20,24,34H,6-9,11,13-14H2,1-2H3,(H,42,43)/t16-,19-,20+,24+/m1/s1. The summed E-state index contributed by atoms with van der Waals surface area (Å²) in [7, 11) is 1.52. The van der Waals surface area contributed by atoms with Gasteiger partial charge in [-0.25, -0.2) is 14.2 Å². The van der Waals surface area contributed by atoms with Gasteiger partial charge in [-0.05, 0) is 37.6 Å². The average molecular weight is 627 g/mol. The summed E-state index contributed by atoms with van der Waals surface area (Å²) in [5.41, 5.74) is 0.0688. The molecule has 1 aromatic carbocycles. The van der Waals surface area contributed by atoms with Crippen molar-refractivity contribution in [3.05, 3.63) is 46.6 Å². The fourth-order valence-corrected chi connectivity index (χ4v) is 6.45. The molecular weight excluding hydrogens is 596 g/mol. The minimum atomic E-state index is -4.67. The quantitative estimate of drug-likeness (QED) is 0.484. The van der Waals surface area contributed by atoms with E-state index in [-0.39, 0.29) is 44.1 Å². The van der Waals surface area contributed by atoms with Crippen LogP contribution in [0.4, 0.5) is 39.5 Å². The Morgan fingerprint density at radius 1 is 1.21 bits per heavy atom. The minimum absolute atomic E-state index is 0.0536. The molecule has 2 fully saturated rings. The van der Waals surface area contributed by atoms with Crippen molar-refractivity contribution in [2.75, 3.05) is 54.5 Å². The molecule has 10 nitrogen and oxygen atoms in total. The van der Waals surface area contributed by atoms with E-state index in [0.717, 1.165) is 21.9 Å². The number of likely N-dealkylation sites (tertiary alicyclic amines) is 1. The maximum absolute atomic E-state index is 14.7. The van der Waals surface area contributed by atoms with Gasteiger partial charge in [0.1, 0.15) is 18.0 Å². The summed E-state index contributed by atoms with van der Waals surface area (Å²) in [6.07, 6.45) is -7.05. The van der Waals surface area contributed by atoms with Gasteiger partial charge in [-0.1, -0.05) is 17.7 Å². The van der Waals surface area contributed by atoms with E-state index in [9.17, 15) is 31.9 Å². The number of carbonyl (C=O) groups excluding carboxylic acids is 2. The summed E-state index contributed by atoms with van der Waals surface area (Å²) in [5.74, 6) is -1.87. The van der Waals surface area contributed by atoms with Gasteiger partial charge in [-0.3, -0.25) is 14.5 Å². The van der Waals surface area contributed by atoms with Gasteiger partial charge in [-0.2, -0.15) is 13.2 Å². The number of aryl methyl sites for hydroxylation is 1. The summed E-state index contributed by atoms with van der Waals surface area (Å²) in [4.78, 5) is 48.0. The number of anilines is 3. The third-order valence-corrected chi connectivity index (χ3v) is 8.53. The molecule has 3 aliphatic rings. The van der Waals surface area contributed by atoms with E-state index in [4.69, 9.17) is 16.7 Å². The number of carboxylic acid groups (broad SMARTS) is 1. The van der Waals surface area contributed by atoms with Crippen molar-refractivity contribution in [1.29, 1.82) is 0 Å². The largest absolute Gasteiger partial charge is 0.465 e. The Hall–Kier alpha value is -3.65. The Morgan fingerprint density at radius 3 is 2.63 bits per heavy atom. The van der Waals surface area contributed by atoms with E-state index in [2.05, 4.69) is 10.3 Å². The molecule has 0 unspecified atom stereocenters. The maximum Gasteiger partial charge on any atom is 0.416 e. The second kappa shape index (κ2) is 11.8. The van der Waals surface area contributed by atoms with Crippen LogP contribution in [0.15, 0.2) is 30.3 Å². The van der Waals surface area contributed by atoms with Crippen LogP contribution in [0.1, 0.15) is 24.1 Å². The Bertz CT molecular complexity index is 1430. The molecule has 2 N–H and O–H groups in total. The lowest BCUT2D eigenvalue weighted by Gasteiger charge is -2.39. The Morgan fingerprint density at radius 2 is 1.95 bits per heavy atom. The van der Waals surface area contributed by atoms with E-state index in [1.807, 2.05) is 4.90 Å². The minimum Gasteiger partial charge on any atom is -0.465 e. The van der Waals surface area contributed by atoms with Gasteiger partial charge < -0.3 is 25.1 Å². The zero-order valence-electron chi connectivity index (χ0n) is 23.4. The van der Waals surface area contributed by atoms with Crippen LogP contribution in [0.25, 0.3) is 0 Å². The predicted octanol–water partition coefficient (Wildman–Crippen LogP) is 3.95. The number of fused-ring (bicyclic) bond motifs is 2. The third kappa shape index (κ3) is 6.07. The van der Waals surface area contributed by atoms with Crippen molar-refractivity contribution in [1.82, 2.24) is 15.2 Å². The van der Waals surface area contributed by atoms with Crippen molar-refractivity contribution < 1.29 is 37.1 Å². The van der Waals surface area contributed by atoms with E-state index in [1.54, 1.807) is 18.2 Å². The van der Waals surface area contributed by atoms with E-state index >= 15 is 0 Å². The van der Waals surface area contributed by atoms with Gasteiger partial charge in [0.25, 0.3) is 0 Å². The van der Waals surface area contributed by atoms with Crippen LogP contribution in [0.5, 0.6) is 0 Å². The topological polar surface area (TPSA) is 109 Å². The van der Waals surface area contributed by atoms with E-state index in [1.165, 1.54) is 18.9 Å². The maximum atomic E-state index is 14.7. The third-order valence-electron chi connectivity index (χ3n) is 8.23. The van der Waals surface area contributed by atoms with Crippen molar-refractivity contribution in [3.8, 4) is 0 Å². The van der Waals surface area contributed by atoms with Crippen LogP contribution in [0, 0.1) is 12.8 Å². The molecule has 4 heterocycles. The van der Waals surface area contributed by atoms with E-state index in [0.29, 0.717) is 29.4 Å². The smallest absolute Gasteiger partial charge is 0.416 e. The van der Waals surface area contributed by atoms with Crippen LogP contribution < -0.4 is 20.0 Å². The van der Waals surface area contributed by atoms with Gasteiger partial charge in [0.2, 0.25) is 11.8 Å². The SMILES string of the molecule is Cc1cc(C(F)(F)F)cc(N2C(=O)C[C@@H]3CN(CCN[C@H]4CCN(C(=O)O)C[C@H]4F)c4c(Cl)cccc4N(C)C(=O)[C@H]32)n1. The van der Waals surface area contributed by atoms with Crippen LogP contribution in [-0.2, 0) is 15.8 Å². The molecule has 3 amide bonds. The number of nitrogens with one attached hydrogen (secondary N) is 1. The van der Waals surface area contributed by atoms with E-state index < -0.39 is 53.8 Å². The van der Waals surface area contributed by atoms with Crippen LogP contribution in [0.3, 0.4) is 0 Å². The summed E-state index contributed by atoms with van der Waals surface area (Å²) in [6, 6.07) is 5.01. The second-order valence-electron chi connectivity index (χ2n) is 11.1. The Labute approximate surface area is 250 Å². The van der Waals surface area contributed by atoms with Crippen molar-refractivity contribution in [2.24, 2.45) is 5.92 Å². The van der Waals surface area contributed by atoms with Crippen LogP contribution >= 0.6 is 11.6 Å². The summed E-state index contributed by atoms with van der Waals surface area (Å²) >= 11 is 6.63. The number of aromatic nitrogens is 1. The normalized spacial score (nSPS) is 24.5. The number of benzene rings is 1. The number of nitrogens with zero attached hydrogens (tertiary/aromatic N) is 5. The number of pyridine rings is 1. The van der Waals surface area contributed by atoms with Gasteiger partial charge in [0.15, 0.2) is 0 Å². The van der Waals surface area contributed by atoms with Crippen LogP contribution in [-0.4, -0.2) is 90.9 Å². The Kier molecular flexibility index (Phi) is 8.45. The molecule has 0 aliphatic carbocycles. The number of amides is 3. The van der Waals surface area contributed by atoms with Crippen molar-refractivity contribution in [2.45, 2.75) is 44.2 Å². The number of para-hydroxylation sites is 1. The van der Waals surface area contributed by atoms with Crippen molar-refractivity contribution in [3.63, 3.8) is 0 Å². The number of hydrogen-bond donors (Lipinski definition) is 2. The highest BCUT2D eigenvalue weighted by Gasteiger charge is 2.49. The highest BCUT2D eigenvalue weighted by atomic mass is 35.5. The lowest BCUT2D eigenvalue weighted by atomic mass is 9.95. The zero-order valence-corrected chi connectivity index (χ0v) is 24.2. The lowest BCUT2D eigenvalue weighted by Crippen LogP contribution is -2.54.